The third-order valence-corrected chi connectivity index (χ3v) is 7.03. The highest BCUT2D eigenvalue weighted by Gasteiger charge is 2.27. The molecule has 1 amide bonds. The first kappa shape index (κ1) is 22.8. The highest BCUT2D eigenvalue weighted by Crippen LogP contribution is 2.27. The molecule has 0 aliphatic carbocycles. The molecule has 0 radical (unpaired) electrons. The third kappa shape index (κ3) is 5.45. The van der Waals surface area contributed by atoms with Crippen LogP contribution >= 0.6 is 15.9 Å². The maximum absolute atomic E-state index is 13.3. The second kappa shape index (κ2) is 9.98. The molecule has 0 bridgehead atoms. The van der Waals surface area contributed by atoms with Crippen molar-refractivity contribution in [2.45, 2.75) is 17.9 Å². The SMILES string of the molecule is COc1ccccc1[C@@H](C)NC(=O)CN(c1ccc(Br)cc1)S(=O)(=O)c1ccccc1. The molecule has 0 heterocycles. The number of sulfonamides is 1. The fourth-order valence-corrected chi connectivity index (χ4v) is 4.87. The molecular weight excluding hydrogens is 480 g/mol. The quantitative estimate of drug-likeness (QED) is 0.490. The topological polar surface area (TPSA) is 75.7 Å². The van der Waals surface area contributed by atoms with Crippen LogP contribution in [0, 0.1) is 0 Å². The van der Waals surface area contributed by atoms with Crippen molar-refractivity contribution in [2.75, 3.05) is 18.0 Å². The second-order valence-electron chi connectivity index (χ2n) is 6.83. The first-order valence-corrected chi connectivity index (χ1v) is 11.8. The maximum Gasteiger partial charge on any atom is 0.264 e. The number of hydrogen-bond donors (Lipinski definition) is 1. The molecule has 0 aliphatic rings. The first-order valence-electron chi connectivity index (χ1n) is 9.58. The van der Waals surface area contributed by atoms with Gasteiger partial charge in [-0.25, -0.2) is 8.42 Å². The van der Waals surface area contributed by atoms with Crippen LogP contribution < -0.4 is 14.4 Å². The van der Waals surface area contributed by atoms with E-state index in [1.165, 1.54) is 12.1 Å². The molecule has 0 saturated heterocycles. The lowest BCUT2D eigenvalue weighted by Gasteiger charge is -2.25. The van der Waals surface area contributed by atoms with Crippen LogP contribution in [0.3, 0.4) is 0 Å². The summed E-state index contributed by atoms with van der Waals surface area (Å²) in [7, 11) is -2.38. The van der Waals surface area contributed by atoms with Gasteiger partial charge in [-0.1, -0.05) is 52.3 Å². The molecule has 0 aromatic heterocycles. The van der Waals surface area contributed by atoms with E-state index in [0.29, 0.717) is 11.4 Å². The van der Waals surface area contributed by atoms with Crippen molar-refractivity contribution in [3.8, 4) is 5.75 Å². The van der Waals surface area contributed by atoms with Crippen molar-refractivity contribution < 1.29 is 17.9 Å². The monoisotopic (exact) mass is 502 g/mol. The van der Waals surface area contributed by atoms with Gasteiger partial charge in [-0.3, -0.25) is 9.10 Å². The molecule has 3 rings (SSSR count). The Morgan fingerprint density at radius 2 is 1.61 bits per heavy atom. The van der Waals surface area contributed by atoms with Crippen LogP contribution in [0.5, 0.6) is 5.75 Å². The Morgan fingerprint density at radius 1 is 1.00 bits per heavy atom. The number of anilines is 1. The Hall–Kier alpha value is -2.84. The number of para-hydroxylation sites is 1. The summed E-state index contributed by atoms with van der Waals surface area (Å²) in [5, 5.41) is 2.87. The van der Waals surface area contributed by atoms with Gasteiger partial charge in [0.05, 0.1) is 23.7 Å². The lowest BCUT2D eigenvalue weighted by atomic mass is 10.1. The zero-order valence-electron chi connectivity index (χ0n) is 17.2. The smallest absolute Gasteiger partial charge is 0.264 e. The van der Waals surface area contributed by atoms with Gasteiger partial charge in [-0.2, -0.15) is 0 Å². The van der Waals surface area contributed by atoms with E-state index in [1.54, 1.807) is 49.6 Å². The molecule has 0 saturated carbocycles. The molecule has 0 spiro atoms. The molecule has 8 heteroatoms. The number of ether oxygens (including phenoxy) is 1. The summed E-state index contributed by atoms with van der Waals surface area (Å²) in [4.78, 5) is 13.0. The number of methoxy groups -OCH3 is 1. The van der Waals surface area contributed by atoms with Gasteiger partial charge in [-0.05, 0) is 49.4 Å². The number of amides is 1. The largest absolute Gasteiger partial charge is 0.496 e. The van der Waals surface area contributed by atoms with Crippen molar-refractivity contribution in [3.05, 3.63) is 88.9 Å². The van der Waals surface area contributed by atoms with E-state index in [4.69, 9.17) is 4.74 Å². The van der Waals surface area contributed by atoms with Crippen molar-refractivity contribution in [3.63, 3.8) is 0 Å². The molecule has 1 N–H and O–H groups in total. The van der Waals surface area contributed by atoms with Gasteiger partial charge in [0.25, 0.3) is 10.0 Å². The number of nitrogens with one attached hydrogen (secondary N) is 1. The number of carbonyl (C=O) groups excluding carboxylic acids is 1. The van der Waals surface area contributed by atoms with Crippen LogP contribution in [-0.4, -0.2) is 28.0 Å². The lowest BCUT2D eigenvalue weighted by molar-refractivity contribution is -0.120. The summed E-state index contributed by atoms with van der Waals surface area (Å²) < 4.78 is 33.9. The minimum atomic E-state index is -3.94. The van der Waals surface area contributed by atoms with Gasteiger partial charge in [-0.15, -0.1) is 0 Å². The fourth-order valence-electron chi connectivity index (χ4n) is 3.16. The predicted molar refractivity (Wildman–Crippen MR) is 125 cm³/mol. The Balaban J connectivity index is 1.88. The molecule has 0 aliphatic heterocycles. The zero-order valence-corrected chi connectivity index (χ0v) is 19.6. The number of nitrogens with zero attached hydrogens (tertiary/aromatic N) is 1. The van der Waals surface area contributed by atoms with Crippen molar-refractivity contribution in [1.29, 1.82) is 0 Å². The van der Waals surface area contributed by atoms with Gasteiger partial charge in [0, 0.05) is 10.0 Å². The van der Waals surface area contributed by atoms with Crippen molar-refractivity contribution >= 4 is 37.5 Å². The first-order chi connectivity index (χ1) is 14.8. The van der Waals surface area contributed by atoms with Crippen LogP contribution in [0.25, 0.3) is 0 Å². The highest BCUT2D eigenvalue weighted by molar-refractivity contribution is 9.10. The Kier molecular flexibility index (Phi) is 7.35. The fraction of sp³-hybridized carbons (Fsp3) is 0.174. The second-order valence-corrected chi connectivity index (χ2v) is 9.61. The molecular formula is C23H23BrN2O4S. The molecule has 1 atom stereocenters. The van der Waals surface area contributed by atoms with E-state index < -0.39 is 15.9 Å². The average Bonchev–Trinajstić information content (AvgIpc) is 2.78. The normalized spacial score (nSPS) is 12.1. The van der Waals surface area contributed by atoms with Gasteiger partial charge >= 0.3 is 0 Å². The highest BCUT2D eigenvalue weighted by atomic mass is 79.9. The lowest BCUT2D eigenvalue weighted by Crippen LogP contribution is -2.41. The number of halogens is 1. The van der Waals surface area contributed by atoms with Gasteiger partial charge in [0.2, 0.25) is 5.91 Å². The van der Waals surface area contributed by atoms with Gasteiger partial charge in [0.1, 0.15) is 12.3 Å². The summed E-state index contributed by atoms with van der Waals surface area (Å²) in [6, 6.07) is 21.8. The van der Waals surface area contributed by atoms with Crippen LogP contribution in [0.1, 0.15) is 18.5 Å². The van der Waals surface area contributed by atoms with E-state index in [1.807, 2.05) is 31.2 Å². The number of benzene rings is 3. The molecule has 0 fully saturated rings. The van der Waals surface area contributed by atoms with Crippen LogP contribution in [0.15, 0.2) is 88.2 Å². The summed E-state index contributed by atoms with van der Waals surface area (Å²) in [6.45, 7) is 1.46. The molecule has 0 unspecified atom stereocenters. The van der Waals surface area contributed by atoms with Gasteiger partial charge < -0.3 is 10.1 Å². The predicted octanol–water partition coefficient (Wildman–Crippen LogP) is 4.53. The van der Waals surface area contributed by atoms with Crippen LogP contribution in [0.2, 0.25) is 0 Å². The van der Waals surface area contributed by atoms with Crippen molar-refractivity contribution in [2.24, 2.45) is 0 Å². The minimum Gasteiger partial charge on any atom is -0.496 e. The summed E-state index contributed by atoms with van der Waals surface area (Å²) in [5.41, 5.74) is 1.20. The molecule has 31 heavy (non-hydrogen) atoms. The minimum absolute atomic E-state index is 0.114. The van der Waals surface area contributed by atoms with E-state index in [0.717, 1.165) is 14.3 Å². The van der Waals surface area contributed by atoms with Gasteiger partial charge in [0.15, 0.2) is 0 Å². The molecule has 3 aromatic rings. The Morgan fingerprint density at radius 3 is 2.26 bits per heavy atom. The zero-order chi connectivity index (χ0) is 22.4. The summed E-state index contributed by atoms with van der Waals surface area (Å²) >= 11 is 3.35. The molecule has 6 nitrogen and oxygen atoms in total. The van der Waals surface area contributed by atoms with E-state index in [2.05, 4.69) is 21.2 Å². The van der Waals surface area contributed by atoms with Crippen LogP contribution in [-0.2, 0) is 14.8 Å². The van der Waals surface area contributed by atoms with E-state index in [9.17, 15) is 13.2 Å². The van der Waals surface area contributed by atoms with Crippen LogP contribution in [0.4, 0.5) is 5.69 Å². The van der Waals surface area contributed by atoms with E-state index in [-0.39, 0.29) is 17.5 Å². The number of rotatable bonds is 8. The number of carbonyl (C=O) groups is 1. The maximum atomic E-state index is 13.3. The number of hydrogen-bond acceptors (Lipinski definition) is 4. The average molecular weight is 503 g/mol. The Bertz CT molecular complexity index is 1140. The van der Waals surface area contributed by atoms with Crippen molar-refractivity contribution in [1.82, 2.24) is 5.32 Å². The summed E-state index contributed by atoms with van der Waals surface area (Å²) in [6.07, 6.45) is 0. The molecule has 3 aromatic carbocycles. The molecule has 162 valence electrons. The third-order valence-electron chi connectivity index (χ3n) is 4.72. The standard InChI is InChI=1S/C23H23BrN2O4S/c1-17(21-10-6-7-11-22(21)30-2)25-23(27)16-26(19-14-12-18(24)13-15-19)31(28,29)20-8-4-3-5-9-20/h3-15,17H,16H2,1-2H3,(H,25,27)/t17-/m1/s1. The summed E-state index contributed by atoms with van der Waals surface area (Å²) in [5.74, 6) is 0.220. The van der Waals surface area contributed by atoms with E-state index >= 15 is 0 Å². The Labute approximate surface area is 191 Å².